The number of aromatic nitrogens is 1. The second kappa shape index (κ2) is 8.09. The summed E-state index contributed by atoms with van der Waals surface area (Å²) < 4.78 is 0. The highest BCUT2D eigenvalue weighted by atomic mass is 32.1. The predicted molar refractivity (Wildman–Crippen MR) is 107 cm³/mol. The van der Waals surface area contributed by atoms with E-state index in [4.69, 9.17) is 0 Å². The molecule has 0 bridgehead atoms. The minimum atomic E-state index is 0.0503. The Balaban J connectivity index is 1.42. The summed E-state index contributed by atoms with van der Waals surface area (Å²) in [7, 11) is 0. The smallest absolute Gasteiger partial charge is 0.222 e. The summed E-state index contributed by atoms with van der Waals surface area (Å²) in [6.45, 7) is 4.38. The minimum absolute atomic E-state index is 0.0503. The third-order valence-corrected chi connectivity index (χ3v) is 6.84. The summed E-state index contributed by atoms with van der Waals surface area (Å²) in [5, 5.41) is 10.3. The number of likely N-dealkylation sites (tertiary alicyclic amines) is 2. The van der Waals surface area contributed by atoms with Gasteiger partial charge in [-0.05, 0) is 25.8 Å². The second-order valence-electron chi connectivity index (χ2n) is 7.85. The molecule has 1 N–H and O–H groups in total. The van der Waals surface area contributed by atoms with E-state index in [9.17, 15) is 9.90 Å². The van der Waals surface area contributed by atoms with Crippen molar-refractivity contribution in [3.8, 4) is 10.6 Å². The van der Waals surface area contributed by atoms with Crippen LogP contribution in [0.3, 0.4) is 0 Å². The zero-order valence-corrected chi connectivity index (χ0v) is 16.5. The van der Waals surface area contributed by atoms with Crippen LogP contribution in [0, 0.1) is 5.41 Å². The predicted octanol–water partition coefficient (Wildman–Crippen LogP) is 3.01. The summed E-state index contributed by atoms with van der Waals surface area (Å²) in [4.78, 5) is 22.4. The van der Waals surface area contributed by atoms with Crippen LogP contribution >= 0.6 is 11.3 Å². The van der Waals surface area contributed by atoms with Crippen molar-refractivity contribution in [1.29, 1.82) is 0 Å². The number of thiazole rings is 1. The van der Waals surface area contributed by atoms with E-state index in [0.29, 0.717) is 13.0 Å². The lowest BCUT2D eigenvalue weighted by molar-refractivity contribution is -0.140. The Morgan fingerprint density at radius 1 is 1.19 bits per heavy atom. The van der Waals surface area contributed by atoms with Gasteiger partial charge >= 0.3 is 0 Å². The molecule has 2 aromatic rings. The van der Waals surface area contributed by atoms with Crippen LogP contribution in [0.4, 0.5) is 0 Å². The summed E-state index contributed by atoms with van der Waals surface area (Å²) in [6.07, 6.45) is 5.95. The molecule has 2 aliphatic heterocycles. The Morgan fingerprint density at radius 2 is 2.04 bits per heavy atom. The fraction of sp³-hybridized carbons (Fsp3) is 0.524. The molecule has 5 nitrogen and oxygen atoms in total. The number of hydrogen-bond donors (Lipinski definition) is 1. The number of hydrogen-bond acceptors (Lipinski definition) is 5. The van der Waals surface area contributed by atoms with Gasteiger partial charge in [-0.3, -0.25) is 9.69 Å². The van der Waals surface area contributed by atoms with Gasteiger partial charge in [-0.2, -0.15) is 0 Å². The second-order valence-corrected chi connectivity index (χ2v) is 8.97. The average molecular weight is 386 g/mol. The van der Waals surface area contributed by atoms with Crippen LogP contribution < -0.4 is 0 Å². The number of β-amino-alcohol motifs (C(OH)–C–C–N with tert-alkyl or cyclic N) is 1. The van der Waals surface area contributed by atoms with Gasteiger partial charge in [0.05, 0.1) is 6.61 Å². The highest BCUT2D eigenvalue weighted by molar-refractivity contribution is 7.15. The molecule has 0 radical (unpaired) electrons. The number of rotatable bonds is 5. The van der Waals surface area contributed by atoms with Crippen LogP contribution in [0.2, 0.25) is 0 Å². The summed E-state index contributed by atoms with van der Waals surface area (Å²) >= 11 is 1.77. The SMILES string of the molecule is O=C1CCC2(CCCN(Cc3cnc(-c4ccccc4)s3)C2)CN1CCO. The van der Waals surface area contributed by atoms with Gasteiger partial charge in [0.2, 0.25) is 5.91 Å². The highest BCUT2D eigenvalue weighted by Gasteiger charge is 2.41. The van der Waals surface area contributed by atoms with Gasteiger partial charge in [-0.25, -0.2) is 4.98 Å². The van der Waals surface area contributed by atoms with E-state index in [0.717, 1.165) is 37.6 Å². The number of nitrogens with zero attached hydrogens (tertiary/aromatic N) is 3. The van der Waals surface area contributed by atoms with Crippen molar-refractivity contribution in [2.45, 2.75) is 32.2 Å². The van der Waals surface area contributed by atoms with E-state index in [1.165, 1.54) is 23.3 Å². The highest BCUT2D eigenvalue weighted by Crippen LogP contribution is 2.39. The number of amides is 1. The molecule has 1 spiro atoms. The molecule has 1 unspecified atom stereocenters. The number of benzene rings is 1. The Bertz CT molecular complexity index is 779. The van der Waals surface area contributed by atoms with Crippen LogP contribution in [0.1, 0.15) is 30.6 Å². The molecule has 144 valence electrons. The molecule has 6 heteroatoms. The Labute approximate surface area is 164 Å². The molecule has 4 rings (SSSR count). The van der Waals surface area contributed by atoms with Crippen molar-refractivity contribution >= 4 is 17.2 Å². The molecule has 2 saturated heterocycles. The lowest BCUT2D eigenvalue weighted by Crippen LogP contribution is -2.54. The van der Waals surface area contributed by atoms with Gasteiger partial charge in [0.15, 0.2) is 0 Å². The molecule has 2 fully saturated rings. The van der Waals surface area contributed by atoms with Crippen molar-refractivity contribution in [2.75, 3.05) is 32.8 Å². The Hall–Kier alpha value is -1.76. The van der Waals surface area contributed by atoms with E-state index >= 15 is 0 Å². The quantitative estimate of drug-likeness (QED) is 0.860. The molecule has 3 heterocycles. The largest absolute Gasteiger partial charge is 0.395 e. The Kier molecular flexibility index (Phi) is 5.57. The first-order chi connectivity index (χ1) is 13.2. The maximum Gasteiger partial charge on any atom is 0.222 e. The van der Waals surface area contributed by atoms with Crippen molar-refractivity contribution in [3.63, 3.8) is 0 Å². The van der Waals surface area contributed by atoms with Crippen LogP contribution in [0.5, 0.6) is 0 Å². The van der Waals surface area contributed by atoms with E-state index in [-0.39, 0.29) is 17.9 Å². The van der Waals surface area contributed by atoms with Gasteiger partial charge in [0, 0.05) is 54.7 Å². The molecular weight excluding hydrogens is 358 g/mol. The zero-order valence-electron chi connectivity index (χ0n) is 15.6. The number of aliphatic hydroxyl groups excluding tert-OH is 1. The van der Waals surface area contributed by atoms with Gasteiger partial charge in [0.1, 0.15) is 5.01 Å². The maximum absolute atomic E-state index is 12.1. The maximum atomic E-state index is 12.1. The standard InChI is InChI=1S/C21H27N3O2S/c25-12-11-24-16-21(9-7-19(24)26)8-4-10-23(15-21)14-18-13-22-20(27-18)17-5-2-1-3-6-17/h1-3,5-6,13,25H,4,7-12,14-16H2. The fourth-order valence-corrected chi connectivity index (χ4v) is 5.48. The molecule has 0 saturated carbocycles. The molecule has 1 atom stereocenters. The van der Waals surface area contributed by atoms with Gasteiger partial charge in [-0.1, -0.05) is 30.3 Å². The van der Waals surface area contributed by atoms with E-state index in [1.54, 1.807) is 11.3 Å². The molecule has 1 aromatic heterocycles. The average Bonchev–Trinajstić information content (AvgIpc) is 3.15. The van der Waals surface area contributed by atoms with Gasteiger partial charge in [0.25, 0.3) is 0 Å². The first-order valence-corrected chi connectivity index (χ1v) is 10.6. The molecule has 2 aliphatic rings. The molecule has 1 amide bonds. The monoisotopic (exact) mass is 385 g/mol. The van der Waals surface area contributed by atoms with Crippen molar-refractivity contribution in [1.82, 2.24) is 14.8 Å². The summed E-state index contributed by atoms with van der Waals surface area (Å²) in [5.41, 5.74) is 1.36. The van der Waals surface area contributed by atoms with E-state index in [1.807, 2.05) is 29.3 Å². The van der Waals surface area contributed by atoms with Crippen molar-refractivity contribution in [3.05, 3.63) is 41.4 Å². The van der Waals surface area contributed by atoms with Crippen LogP contribution in [-0.4, -0.2) is 58.6 Å². The van der Waals surface area contributed by atoms with E-state index < -0.39 is 0 Å². The lowest BCUT2D eigenvalue weighted by atomic mass is 9.73. The number of piperidine rings is 2. The van der Waals surface area contributed by atoms with Gasteiger partial charge in [-0.15, -0.1) is 11.3 Å². The molecule has 0 aliphatic carbocycles. The number of carbonyl (C=O) groups is 1. The number of aliphatic hydroxyl groups is 1. The normalized spacial score (nSPS) is 23.9. The van der Waals surface area contributed by atoms with Gasteiger partial charge < -0.3 is 10.0 Å². The number of carbonyl (C=O) groups excluding carboxylic acids is 1. The fourth-order valence-electron chi connectivity index (χ4n) is 4.52. The lowest BCUT2D eigenvalue weighted by Gasteiger charge is -2.48. The molecule has 1 aromatic carbocycles. The minimum Gasteiger partial charge on any atom is -0.395 e. The van der Waals surface area contributed by atoms with E-state index in [2.05, 4.69) is 22.0 Å². The third-order valence-electron chi connectivity index (χ3n) is 5.81. The first kappa shape index (κ1) is 18.6. The molecular formula is C21H27N3O2S. The zero-order chi connectivity index (χ0) is 18.7. The third kappa shape index (κ3) is 4.23. The van der Waals surface area contributed by atoms with Crippen molar-refractivity contribution in [2.24, 2.45) is 5.41 Å². The molecule has 27 heavy (non-hydrogen) atoms. The Morgan fingerprint density at radius 3 is 2.85 bits per heavy atom. The van der Waals surface area contributed by atoms with Crippen LogP contribution in [0.25, 0.3) is 10.6 Å². The van der Waals surface area contributed by atoms with Crippen LogP contribution in [0.15, 0.2) is 36.5 Å². The van der Waals surface area contributed by atoms with Crippen LogP contribution in [-0.2, 0) is 11.3 Å². The summed E-state index contributed by atoms with van der Waals surface area (Å²) in [5.74, 6) is 0.196. The topological polar surface area (TPSA) is 56.7 Å². The summed E-state index contributed by atoms with van der Waals surface area (Å²) in [6, 6.07) is 10.3. The first-order valence-electron chi connectivity index (χ1n) is 9.79. The van der Waals surface area contributed by atoms with Crippen molar-refractivity contribution < 1.29 is 9.90 Å².